The fourth-order valence-electron chi connectivity index (χ4n) is 2.21. The number of hydrogen-bond donors (Lipinski definition) is 0. The molecule has 76 valence electrons. The number of aryl methyl sites for hydroxylation is 3. The topological polar surface area (TPSA) is 0 Å². The second kappa shape index (κ2) is 4.59. The normalized spacial score (nSPS) is 15.2. The van der Waals surface area contributed by atoms with E-state index >= 15 is 0 Å². The lowest BCUT2D eigenvalue weighted by molar-refractivity contribution is 0.473. The third-order valence-corrected chi connectivity index (χ3v) is 3.01. The minimum absolute atomic E-state index is 0.197. The van der Waals surface area contributed by atoms with Gasteiger partial charge in [-0.25, -0.2) is 0 Å². The maximum atomic E-state index is 12.0. The van der Waals surface area contributed by atoms with Crippen molar-refractivity contribution in [2.45, 2.75) is 38.5 Å². The molecule has 0 unspecified atom stereocenters. The molecule has 0 spiro atoms. The highest BCUT2D eigenvalue weighted by Crippen LogP contribution is 2.22. The van der Waals surface area contributed by atoms with E-state index in [0.717, 1.165) is 6.42 Å². The summed E-state index contributed by atoms with van der Waals surface area (Å²) < 4.78 is 12.0. The SMILES string of the molecule is FCCCc1ccc2c(c1)CCCC2. The summed E-state index contributed by atoms with van der Waals surface area (Å²) >= 11 is 0. The van der Waals surface area contributed by atoms with Crippen LogP contribution >= 0.6 is 0 Å². The predicted octanol–water partition coefficient (Wildman–Crippen LogP) is 3.47. The van der Waals surface area contributed by atoms with Crippen LogP contribution in [-0.2, 0) is 19.3 Å². The van der Waals surface area contributed by atoms with Crippen molar-refractivity contribution in [2.75, 3.05) is 6.67 Å². The first kappa shape index (κ1) is 9.70. The quantitative estimate of drug-likeness (QED) is 0.688. The minimum atomic E-state index is -0.197. The number of benzene rings is 1. The molecule has 1 aliphatic rings. The van der Waals surface area contributed by atoms with Gasteiger partial charge in [0.1, 0.15) is 0 Å². The first-order chi connectivity index (χ1) is 6.90. The van der Waals surface area contributed by atoms with Crippen molar-refractivity contribution >= 4 is 0 Å². The smallest absolute Gasteiger partial charge is 0.0897 e. The molecule has 0 N–H and O–H groups in total. The largest absolute Gasteiger partial charge is 0.251 e. The summed E-state index contributed by atoms with van der Waals surface area (Å²) in [5, 5.41) is 0. The van der Waals surface area contributed by atoms with E-state index in [1.54, 1.807) is 0 Å². The molecule has 0 radical (unpaired) electrons. The Bertz CT molecular complexity index is 304. The highest BCUT2D eigenvalue weighted by molar-refractivity contribution is 5.33. The van der Waals surface area contributed by atoms with Crippen LogP contribution in [0.1, 0.15) is 36.0 Å². The van der Waals surface area contributed by atoms with E-state index in [-0.39, 0.29) is 6.67 Å². The molecule has 0 amide bonds. The molecule has 0 saturated heterocycles. The Hall–Kier alpha value is -0.850. The van der Waals surface area contributed by atoms with Gasteiger partial charge in [0.15, 0.2) is 0 Å². The molecule has 0 bridgehead atoms. The van der Waals surface area contributed by atoms with Crippen LogP contribution in [0.25, 0.3) is 0 Å². The zero-order valence-electron chi connectivity index (χ0n) is 8.56. The average molecular weight is 192 g/mol. The molecule has 1 aliphatic carbocycles. The molecule has 0 fully saturated rings. The molecule has 0 heterocycles. The molecule has 1 aromatic rings. The summed E-state index contributed by atoms with van der Waals surface area (Å²) in [4.78, 5) is 0. The predicted molar refractivity (Wildman–Crippen MR) is 57.4 cm³/mol. The first-order valence-corrected chi connectivity index (χ1v) is 5.57. The van der Waals surface area contributed by atoms with Gasteiger partial charge in [-0.2, -0.15) is 0 Å². The maximum absolute atomic E-state index is 12.0. The molecular weight excluding hydrogens is 175 g/mol. The van der Waals surface area contributed by atoms with Gasteiger partial charge in [-0.3, -0.25) is 4.39 Å². The van der Waals surface area contributed by atoms with Crippen LogP contribution in [0.4, 0.5) is 4.39 Å². The average Bonchev–Trinajstić information content (AvgIpc) is 2.26. The van der Waals surface area contributed by atoms with Gasteiger partial charge in [-0.15, -0.1) is 0 Å². The first-order valence-electron chi connectivity index (χ1n) is 5.57. The molecular formula is C13H17F. The van der Waals surface area contributed by atoms with Crippen molar-refractivity contribution < 1.29 is 4.39 Å². The third-order valence-electron chi connectivity index (χ3n) is 3.01. The minimum Gasteiger partial charge on any atom is -0.251 e. The summed E-state index contributed by atoms with van der Waals surface area (Å²) in [6.45, 7) is -0.197. The Balaban J connectivity index is 2.12. The Morgan fingerprint density at radius 2 is 1.86 bits per heavy atom. The number of rotatable bonds is 3. The number of halogens is 1. The number of hydrogen-bond acceptors (Lipinski definition) is 0. The second-order valence-corrected chi connectivity index (χ2v) is 4.10. The summed E-state index contributed by atoms with van der Waals surface area (Å²) in [6.07, 6.45) is 6.66. The zero-order chi connectivity index (χ0) is 9.80. The fourth-order valence-corrected chi connectivity index (χ4v) is 2.21. The fraction of sp³-hybridized carbons (Fsp3) is 0.538. The summed E-state index contributed by atoms with van der Waals surface area (Å²) in [7, 11) is 0. The monoisotopic (exact) mass is 192 g/mol. The summed E-state index contributed by atoms with van der Waals surface area (Å²) in [5.41, 5.74) is 4.33. The summed E-state index contributed by atoms with van der Waals surface area (Å²) in [6, 6.07) is 6.69. The van der Waals surface area contributed by atoms with Crippen LogP contribution in [0, 0.1) is 0 Å². The second-order valence-electron chi connectivity index (χ2n) is 4.10. The molecule has 0 aliphatic heterocycles. The molecule has 0 nitrogen and oxygen atoms in total. The lowest BCUT2D eigenvalue weighted by Crippen LogP contribution is -2.03. The van der Waals surface area contributed by atoms with E-state index in [0.29, 0.717) is 6.42 Å². The van der Waals surface area contributed by atoms with Gasteiger partial charge in [-0.05, 0) is 55.2 Å². The van der Waals surface area contributed by atoms with E-state index in [1.165, 1.54) is 42.4 Å². The van der Waals surface area contributed by atoms with Gasteiger partial charge in [0, 0.05) is 0 Å². The van der Waals surface area contributed by atoms with E-state index in [4.69, 9.17) is 0 Å². The Labute approximate surface area is 85.1 Å². The van der Waals surface area contributed by atoms with Crippen molar-refractivity contribution in [3.63, 3.8) is 0 Å². The maximum Gasteiger partial charge on any atom is 0.0897 e. The number of alkyl halides is 1. The van der Waals surface area contributed by atoms with Crippen molar-refractivity contribution in [1.29, 1.82) is 0 Å². The Morgan fingerprint density at radius 1 is 1.07 bits per heavy atom. The van der Waals surface area contributed by atoms with Gasteiger partial charge < -0.3 is 0 Å². The molecule has 0 saturated carbocycles. The van der Waals surface area contributed by atoms with Gasteiger partial charge in [0.05, 0.1) is 6.67 Å². The van der Waals surface area contributed by atoms with Gasteiger partial charge in [-0.1, -0.05) is 18.2 Å². The lowest BCUT2D eigenvalue weighted by Gasteiger charge is -2.16. The van der Waals surface area contributed by atoms with Crippen molar-refractivity contribution in [3.05, 3.63) is 34.9 Å². The van der Waals surface area contributed by atoms with E-state index in [2.05, 4.69) is 18.2 Å². The molecule has 1 aromatic carbocycles. The van der Waals surface area contributed by atoms with Crippen molar-refractivity contribution in [2.24, 2.45) is 0 Å². The van der Waals surface area contributed by atoms with Crippen molar-refractivity contribution in [1.82, 2.24) is 0 Å². The van der Waals surface area contributed by atoms with Crippen LogP contribution in [0.2, 0.25) is 0 Å². The van der Waals surface area contributed by atoms with Gasteiger partial charge in [0.25, 0.3) is 0 Å². The number of fused-ring (bicyclic) bond motifs is 1. The van der Waals surface area contributed by atoms with E-state index in [9.17, 15) is 4.39 Å². The summed E-state index contributed by atoms with van der Waals surface area (Å²) in [5.74, 6) is 0. The third kappa shape index (κ3) is 2.14. The lowest BCUT2D eigenvalue weighted by atomic mass is 9.90. The molecule has 1 heteroatoms. The van der Waals surface area contributed by atoms with Crippen LogP contribution in [0.15, 0.2) is 18.2 Å². The highest BCUT2D eigenvalue weighted by Gasteiger charge is 2.08. The van der Waals surface area contributed by atoms with Gasteiger partial charge in [0.2, 0.25) is 0 Å². The van der Waals surface area contributed by atoms with Crippen LogP contribution in [0.3, 0.4) is 0 Å². The van der Waals surface area contributed by atoms with Gasteiger partial charge >= 0.3 is 0 Å². The zero-order valence-corrected chi connectivity index (χ0v) is 8.56. The molecule has 2 rings (SSSR count). The van der Waals surface area contributed by atoms with E-state index < -0.39 is 0 Å². The molecule has 0 atom stereocenters. The standard InChI is InChI=1S/C13H17F/c14-9-3-4-11-7-8-12-5-1-2-6-13(12)10-11/h7-8,10H,1-6,9H2. The molecule has 0 aromatic heterocycles. The van der Waals surface area contributed by atoms with E-state index in [1.807, 2.05) is 0 Å². The van der Waals surface area contributed by atoms with Crippen LogP contribution < -0.4 is 0 Å². The molecule has 14 heavy (non-hydrogen) atoms. The Kier molecular flexibility index (Phi) is 3.18. The Morgan fingerprint density at radius 3 is 2.64 bits per heavy atom. The van der Waals surface area contributed by atoms with Crippen LogP contribution in [-0.4, -0.2) is 6.67 Å². The van der Waals surface area contributed by atoms with Crippen LogP contribution in [0.5, 0.6) is 0 Å². The van der Waals surface area contributed by atoms with Crippen molar-refractivity contribution in [3.8, 4) is 0 Å². The highest BCUT2D eigenvalue weighted by atomic mass is 19.1.